The summed E-state index contributed by atoms with van der Waals surface area (Å²) in [6.45, 7) is 0. The van der Waals surface area contributed by atoms with Crippen LogP contribution in [0.5, 0.6) is 0 Å². The van der Waals surface area contributed by atoms with E-state index in [1.165, 1.54) is 6.20 Å². The van der Waals surface area contributed by atoms with Gasteiger partial charge < -0.3 is 0 Å². The van der Waals surface area contributed by atoms with E-state index in [0.29, 0.717) is 6.07 Å². The lowest BCUT2D eigenvalue weighted by Gasteiger charge is -2.08. The molecule has 0 aliphatic heterocycles. The van der Waals surface area contributed by atoms with Gasteiger partial charge in [0, 0.05) is 22.1 Å². The van der Waals surface area contributed by atoms with Crippen molar-refractivity contribution in [3.63, 3.8) is 0 Å². The molecule has 0 saturated carbocycles. The zero-order valence-electron chi connectivity index (χ0n) is 8.52. The molecule has 0 bridgehead atoms. The van der Waals surface area contributed by atoms with Crippen LogP contribution >= 0.6 is 27.3 Å². The number of benzene rings is 1. The fourth-order valence-electron chi connectivity index (χ4n) is 1.23. The van der Waals surface area contributed by atoms with E-state index >= 15 is 0 Å². The Hall–Kier alpha value is -1.06. The molecule has 1 aromatic heterocycles. The molecule has 0 spiro atoms. The van der Waals surface area contributed by atoms with Gasteiger partial charge in [0.25, 0.3) is 10.0 Å². The quantitative estimate of drug-likeness (QED) is 0.921. The number of hydrogen-bond acceptors (Lipinski definition) is 4. The molecule has 0 saturated heterocycles. The van der Waals surface area contributed by atoms with Crippen molar-refractivity contribution in [2.75, 3.05) is 4.72 Å². The highest BCUT2D eigenvalue weighted by molar-refractivity contribution is 9.10. The monoisotopic (exact) mass is 354 g/mol. The summed E-state index contributed by atoms with van der Waals surface area (Å²) in [6, 6.07) is 1.38. The topological polar surface area (TPSA) is 59.1 Å². The van der Waals surface area contributed by atoms with E-state index in [-0.39, 0.29) is 9.60 Å². The van der Waals surface area contributed by atoms with Crippen LogP contribution in [0.3, 0.4) is 0 Å². The van der Waals surface area contributed by atoms with Gasteiger partial charge in [0.1, 0.15) is 16.5 Å². The number of rotatable bonds is 3. The van der Waals surface area contributed by atoms with Crippen LogP contribution in [0.1, 0.15) is 0 Å². The van der Waals surface area contributed by atoms with Gasteiger partial charge >= 0.3 is 0 Å². The second kappa shape index (κ2) is 4.90. The lowest BCUT2D eigenvalue weighted by atomic mass is 10.3. The Morgan fingerprint density at radius 2 is 2.06 bits per heavy atom. The molecular formula is C9H5BrF2N2O2S2. The Morgan fingerprint density at radius 3 is 2.61 bits per heavy atom. The highest BCUT2D eigenvalue weighted by Gasteiger charge is 2.24. The smallest absolute Gasteiger partial charge is 0.255 e. The van der Waals surface area contributed by atoms with Crippen LogP contribution in [-0.2, 0) is 10.0 Å². The molecule has 0 amide bonds. The van der Waals surface area contributed by atoms with Crippen molar-refractivity contribution in [3.05, 3.63) is 39.8 Å². The van der Waals surface area contributed by atoms with Crippen LogP contribution in [0.25, 0.3) is 0 Å². The number of halogens is 3. The van der Waals surface area contributed by atoms with Gasteiger partial charge in [0.15, 0.2) is 5.13 Å². The summed E-state index contributed by atoms with van der Waals surface area (Å²) < 4.78 is 52.2. The normalized spacial score (nSPS) is 11.5. The number of sulfonamides is 1. The second-order valence-electron chi connectivity index (χ2n) is 3.14. The maximum Gasteiger partial charge on any atom is 0.267 e. The maximum absolute atomic E-state index is 13.5. The van der Waals surface area contributed by atoms with Crippen molar-refractivity contribution in [2.24, 2.45) is 0 Å². The summed E-state index contributed by atoms with van der Waals surface area (Å²) in [5, 5.41) is 1.67. The molecule has 1 N–H and O–H groups in total. The molecule has 18 heavy (non-hydrogen) atoms. The first-order valence-corrected chi connectivity index (χ1v) is 7.62. The third kappa shape index (κ3) is 2.68. The van der Waals surface area contributed by atoms with E-state index in [1.807, 2.05) is 0 Å². The summed E-state index contributed by atoms with van der Waals surface area (Å²) >= 11 is 3.87. The van der Waals surface area contributed by atoms with Gasteiger partial charge in [-0.25, -0.2) is 22.2 Å². The predicted octanol–water partition coefficient (Wildman–Crippen LogP) is 2.98. The van der Waals surface area contributed by atoms with Crippen LogP contribution in [0, 0.1) is 11.6 Å². The van der Waals surface area contributed by atoms with Gasteiger partial charge in [-0.2, -0.15) is 0 Å². The van der Waals surface area contributed by atoms with Crippen molar-refractivity contribution in [3.8, 4) is 0 Å². The summed E-state index contributed by atoms with van der Waals surface area (Å²) in [5.74, 6) is -2.04. The summed E-state index contributed by atoms with van der Waals surface area (Å²) in [4.78, 5) is 3.07. The molecule has 96 valence electrons. The van der Waals surface area contributed by atoms with E-state index in [0.717, 1.165) is 17.4 Å². The molecule has 1 aromatic carbocycles. The molecule has 2 aromatic rings. The molecule has 4 nitrogen and oxygen atoms in total. The minimum Gasteiger partial charge on any atom is -0.255 e. The van der Waals surface area contributed by atoms with Crippen molar-refractivity contribution in [2.45, 2.75) is 4.90 Å². The van der Waals surface area contributed by atoms with Gasteiger partial charge in [0.2, 0.25) is 0 Å². The van der Waals surface area contributed by atoms with Crippen LogP contribution in [0.4, 0.5) is 13.9 Å². The summed E-state index contributed by atoms with van der Waals surface area (Å²) in [7, 11) is -4.15. The Balaban J connectivity index is 2.48. The molecule has 0 radical (unpaired) electrons. The van der Waals surface area contributed by atoms with Crippen molar-refractivity contribution < 1.29 is 17.2 Å². The molecule has 0 aliphatic rings. The van der Waals surface area contributed by atoms with E-state index in [9.17, 15) is 17.2 Å². The first-order valence-electron chi connectivity index (χ1n) is 4.47. The van der Waals surface area contributed by atoms with Gasteiger partial charge in [0.05, 0.1) is 0 Å². The molecule has 2 rings (SSSR count). The Labute approximate surface area is 114 Å². The SMILES string of the molecule is O=S(=O)(Nc1nccs1)c1c(F)cc(F)cc1Br. The highest BCUT2D eigenvalue weighted by Crippen LogP contribution is 2.28. The van der Waals surface area contributed by atoms with Crippen LogP contribution in [0.15, 0.2) is 33.1 Å². The van der Waals surface area contributed by atoms with E-state index in [1.54, 1.807) is 5.38 Å². The predicted molar refractivity (Wildman–Crippen MR) is 67.0 cm³/mol. The van der Waals surface area contributed by atoms with Gasteiger partial charge in [-0.3, -0.25) is 4.72 Å². The number of aromatic nitrogens is 1. The van der Waals surface area contributed by atoms with Crippen LogP contribution < -0.4 is 4.72 Å². The average Bonchev–Trinajstić information content (AvgIpc) is 2.66. The molecule has 0 fully saturated rings. The first-order chi connectivity index (χ1) is 8.40. The number of thiazole rings is 1. The third-order valence-electron chi connectivity index (χ3n) is 1.89. The number of hydrogen-bond donors (Lipinski definition) is 1. The lowest BCUT2D eigenvalue weighted by Crippen LogP contribution is -2.15. The van der Waals surface area contributed by atoms with Gasteiger partial charge in [-0.1, -0.05) is 0 Å². The number of nitrogens with zero attached hydrogens (tertiary/aromatic N) is 1. The standard InChI is InChI=1S/C9H5BrF2N2O2S2/c10-6-3-5(11)4-7(12)8(6)18(15,16)14-9-13-1-2-17-9/h1-4H,(H,13,14). The van der Waals surface area contributed by atoms with Gasteiger partial charge in [-0.15, -0.1) is 11.3 Å². The third-order valence-corrected chi connectivity index (χ3v) is 5.01. The number of nitrogens with one attached hydrogen (secondary N) is 1. The highest BCUT2D eigenvalue weighted by atomic mass is 79.9. The fraction of sp³-hybridized carbons (Fsp3) is 0. The van der Waals surface area contributed by atoms with Gasteiger partial charge in [-0.05, 0) is 22.0 Å². The molecule has 0 unspecified atom stereocenters. The Kier molecular flexibility index (Phi) is 3.64. The molecule has 1 heterocycles. The molecular weight excluding hydrogens is 350 g/mol. The second-order valence-corrected chi connectivity index (χ2v) is 6.51. The average molecular weight is 355 g/mol. The first kappa shape index (κ1) is 13.4. The minimum absolute atomic E-state index is 0.102. The minimum atomic E-state index is -4.15. The van der Waals surface area contributed by atoms with E-state index in [2.05, 4.69) is 25.6 Å². The molecule has 0 aliphatic carbocycles. The summed E-state index contributed by atoms with van der Waals surface area (Å²) in [6.07, 6.45) is 1.40. The zero-order valence-corrected chi connectivity index (χ0v) is 11.7. The Morgan fingerprint density at radius 1 is 1.33 bits per heavy atom. The maximum atomic E-state index is 13.5. The fourth-order valence-corrected chi connectivity index (χ4v) is 4.18. The van der Waals surface area contributed by atoms with E-state index < -0.39 is 26.6 Å². The van der Waals surface area contributed by atoms with Crippen LogP contribution in [-0.4, -0.2) is 13.4 Å². The largest absolute Gasteiger partial charge is 0.267 e. The lowest BCUT2D eigenvalue weighted by molar-refractivity contribution is 0.548. The molecule has 0 atom stereocenters. The molecule has 9 heteroatoms. The van der Waals surface area contributed by atoms with Crippen molar-refractivity contribution >= 4 is 42.4 Å². The van der Waals surface area contributed by atoms with Crippen LogP contribution in [0.2, 0.25) is 0 Å². The summed E-state index contributed by atoms with van der Waals surface area (Å²) in [5.41, 5.74) is 0. The van der Waals surface area contributed by atoms with Crippen molar-refractivity contribution in [1.29, 1.82) is 0 Å². The van der Waals surface area contributed by atoms with E-state index in [4.69, 9.17) is 0 Å². The zero-order chi connectivity index (χ0) is 13.3. The van der Waals surface area contributed by atoms with Crippen molar-refractivity contribution in [1.82, 2.24) is 4.98 Å². The number of anilines is 1. The Bertz CT molecular complexity index is 651.